The maximum atomic E-state index is 11.3. The van der Waals surface area contributed by atoms with Gasteiger partial charge in [-0.25, -0.2) is 17.7 Å². The second-order valence-corrected chi connectivity index (χ2v) is 7.91. The highest BCUT2D eigenvalue weighted by Gasteiger charge is 2.10. The first-order valence-electron chi connectivity index (χ1n) is 6.52. The van der Waals surface area contributed by atoms with Gasteiger partial charge in [0, 0.05) is 20.0 Å². The third-order valence-electron chi connectivity index (χ3n) is 3.28. The molecule has 116 valence electrons. The summed E-state index contributed by atoms with van der Waals surface area (Å²) in [7, 11) is -1.51. The molecule has 1 aromatic carbocycles. The number of benzene rings is 1. The normalized spacial score (nSPS) is 12.4. The van der Waals surface area contributed by atoms with Crippen LogP contribution in [0.4, 0.5) is 0 Å². The third-order valence-corrected chi connectivity index (χ3v) is 5.31. The molecule has 0 bridgehead atoms. The number of unbranched alkanes of at least 4 members (excludes halogenated alkanes) is 1. The largest absolute Gasteiger partial charge is 0.342 e. The zero-order chi connectivity index (χ0) is 15.6. The Morgan fingerprint density at radius 3 is 2.57 bits per heavy atom. The minimum absolute atomic E-state index is 0.483. The number of imidazole rings is 1. The van der Waals surface area contributed by atoms with Crippen LogP contribution in [0.25, 0.3) is 11.0 Å². The second-order valence-electron chi connectivity index (χ2n) is 5.01. The molecule has 0 saturated heterocycles. The van der Waals surface area contributed by atoms with Crippen LogP contribution in [0, 0.1) is 0 Å². The molecule has 1 heterocycles. The van der Waals surface area contributed by atoms with Crippen LogP contribution in [-0.4, -0.2) is 42.5 Å². The number of aromatic amines is 1. The first-order valence-corrected chi connectivity index (χ1v) is 9.13. The van der Waals surface area contributed by atoms with Gasteiger partial charge in [0.1, 0.15) is 5.82 Å². The summed E-state index contributed by atoms with van der Waals surface area (Å²) in [6, 6.07) is 3.49. The Labute approximate surface area is 134 Å². The molecule has 21 heavy (non-hydrogen) atoms. The highest BCUT2D eigenvalue weighted by atomic mass is 35.5. The molecule has 0 amide bonds. The van der Waals surface area contributed by atoms with Crippen LogP contribution in [-0.2, 0) is 16.4 Å². The molecule has 8 heteroatoms. The average Bonchev–Trinajstić information content (AvgIpc) is 2.75. The Morgan fingerprint density at radius 1 is 1.24 bits per heavy atom. The van der Waals surface area contributed by atoms with Crippen molar-refractivity contribution >= 4 is 44.3 Å². The van der Waals surface area contributed by atoms with E-state index in [-0.39, 0.29) is 0 Å². The van der Waals surface area contributed by atoms with E-state index in [1.165, 1.54) is 10.6 Å². The molecular weight excluding hydrogens is 333 g/mol. The van der Waals surface area contributed by atoms with Crippen molar-refractivity contribution in [3.05, 3.63) is 28.0 Å². The minimum atomic E-state index is -3.10. The van der Waals surface area contributed by atoms with Crippen LogP contribution in [0.2, 0.25) is 10.0 Å². The summed E-state index contributed by atoms with van der Waals surface area (Å²) in [6.45, 7) is 0.511. The van der Waals surface area contributed by atoms with E-state index in [4.69, 9.17) is 23.2 Å². The molecular formula is C13H17Cl2N3O2S. The molecule has 0 spiro atoms. The van der Waals surface area contributed by atoms with Gasteiger partial charge in [0.2, 0.25) is 10.0 Å². The van der Waals surface area contributed by atoms with Gasteiger partial charge < -0.3 is 4.98 Å². The summed E-state index contributed by atoms with van der Waals surface area (Å²) >= 11 is 11.9. The lowest BCUT2D eigenvalue weighted by molar-refractivity contribution is 0.459. The number of hydrogen-bond acceptors (Lipinski definition) is 3. The summed E-state index contributed by atoms with van der Waals surface area (Å²) in [6.07, 6.45) is 3.59. The van der Waals surface area contributed by atoms with E-state index in [2.05, 4.69) is 9.97 Å². The van der Waals surface area contributed by atoms with Crippen LogP contribution < -0.4 is 0 Å². The second kappa shape index (κ2) is 6.52. The molecule has 0 aliphatic heterocycles. The van der Waals surface area contributed by atoms with Crippen molar-refractivity contribution in [1.82, 2.24) is 14.3 Å². The Bertz CT molecular complexity index is 704. The van der Waals surface area contributed by atoms with Crippen molar-refractivity contribution in [2.45, 2.75) is 19.3 Å². The Hall–Kier alpha value is -0.820. The van der Waals surface area contributed by atoms with E-state index in [0.29, 0.717) is 16.6 Å². The standard InChI is InChI=1S/C13H17Cl2N3O2S/c1-18(21(2,19)20)6-4-3-5-13-16-11-7-9(14)10(15)8-12(11)17-13/h7-8H,3-6H2,1-2H3,(H,16,17). The quantitative estimate of drug-likeness (QED) is 0.814. The molecule has 0 saturated carbocycles. The number of halogens is 2. The lowest BCUT2D eigenvalue weighted by Crippen LogP contribution is -2.26. The Kier molecular flexibility index (Phi) is 5.14. The summed E-state index contributed by atoms with van der Waals surface area (Å²) < 4.78 is 23.9. The summed E-state index contributed by atoms with van der Waals surface area (Å²) in [5, 5.41) is 0.978. The van der Waals surface area contributed by atoms with Crippen LogP contribution in [0.5, 0.6) is 0 Å². The molecule has 1 aromatic heterocycles. The van der Waals surface area contributed by atoms with E-state index in [1.54, 1.807) is 19.2 Å². The maximum Gasteiger partial charge on any atom is 0.210 e. The van der Waals surface area contributed by atoms with Gasteiger partial charge in [0.15, 0.2) is 0 Å². The first kappa shape index (κ1) is 16.5. The molecule has 2 rings (SSSR count). The molecule has 0 radical (unpaired) electrons. The highest BCUT2D eigenvalue weighted by Crippen LogP contribution is 2.26. The molecule has 1 N–H and O–H groups in total. The number of sulfonamides is 1. The van der Waals surface area contributed by atoms with Crippen molar-refractivity contribution in [3.63, 3.8) is 0 Å². The van der Waals surface area contributed by atoms with Crippen LogP contribution in [0.1, 0.15) is 18.7 Å². The van der Waals surface area contributed by atoms with Crippen molar-refractivity contribution in [3.8, 4) is 0 Å². The van der Waals surface area contributed by atoms with E-state index < -0.39 is 10.0 Å². The summed E-state index contributed by atoms with van der Waals surface area (Å²) in [5.41, 5.74) is 1.64. The SMILES string of the molecule is CN(CCCCc1nc2cc(Cl)c(Cl)cc2[nH]1)S(C)(=O)=O. The molecule has 2 aromatic rings. The molecule has 0 aliphatic carbocycles. The Balaban J connectivity index is 1.92. The van der Waals surface area contributed by atoms with E-state index in [9.17, 15) is 8.42 Å². The summed E-state index contributed by atoms with van der Waals surface area (Å²) in [4.78, 5) is 7.65. The topological polar surface area (TPSA) is 66.1 Å². The number of rotatable bonds is 6. The monoisotopic (exact) mass is 349 g/mol. The number of aryl methyl sites for hydroxylation is 1. The predicted molar refractivity (Wildman–Crippen MR) is 86.5 cm³/mol. The number of H-pyrrole nitrogens is 1. The fourth-order valence-electron chi connectivity index (χ4n) is 1.97. The zero-order valence-corrected chi connectivity index (χ0v) is 14.2. The average molecular weight is 350 g/mol. The Morgan fingerprint density at radius 2 is 1.90 bits per heavy atom. The van der Waals surface area contributed by atoms with E-state index in [1.807, 2.05) is 0 Å². The smallest absolute Gasteiger partial charge is 0.210 e. The number of aromatic nitrogens is 2. The van der Waals surface area contributed by atoms with Crippen molar-refractivity contribution in [2.24, 2.45) is 0 Å². The zero-order valence-electron chi connectivity index (χ0n) is 11.9. The van der Waals surface area contributed by atoms with Gasteiger partial charge in [-0.15, -0.1) is 0 Å². The van der Waals surface area contributed by atoms with E-state index >= 15 is 0 Å². The lowest BCUT2D eigenvalue weighted by Gasteiger charge is -2.12. The molecule has 5 nitrogen and oxygen atoms in total. The van der Waals surface area contributed by atoms with Gasteiger partial charge in [-0.1, -0.05) is 23.2 Å². The number of hydrogen-bond donors (Lipinski definition) is 1. The molecule has 0 atom stereocenters. The predicted octanol–water partition coefficient (Wildman–Crippen LogP) is 3.08. The summed E-state index contributed by atoms with van der Waals surface area (Å²) in [5.74, 6) is 0.852. The van der Waals surface area contributed by atoms with Gasteiger partial charge in [0.25, 0.3) is 0 Å². The van der Waals surface area contributed by atoms with Gasteiger partial charge in [-0.05, 0) is 25.0 Å². The number of nitrogens with zero attached hydrogens (tertiary/aromatic N) is 2. The van der Waals surface area contributed by atoms with Gasteiger partial charge in [0.05, 0.1) is 27.3 Å². The first-order chi connectivity index (χ1) is 9.77. The lowest BCUT2D eigenvalue weighted by atomic mass is 10.2. The molecule has 0 fully saturated rings. The van der Waals surface area contributed by atoms with Crippen molar-refractivity contribution in [1.29, 1.82) is 0 Å². The van der Waals surface area contributed by atoms with Crippen molar-refractivity contribution < 1.29 is 8.42 Å². The van der Waals surface area contributed by atoms with Crippen LogP contribution in [0.15, 0.2) is 12.1 Å². The van der Waals surface area contributed by atoms with Gasteiger partial charge in [-0.2, -0.15) is 0 Å². The highest BCUT2D eigenvalue weighted by molar-refractivity contribution is 7.88. The van der Waals surface area contributed by atoms with Crippen LogP contribution in [0.3, 0.4) is 0 Å². The van der Waals surface area contributed by atoms with Crippen molar-refractivity contribution in [2.75, 3.05) is 19.8 Å². The van der Waals surface area contributed by atoms with E-state index in [0.717, 1.165) is 36.1 Å². The number of nitrogens with one attached hydrogen (secondary N) is 1. The number of fused-ring (bicyclic) bond motifs is 1. The molecule has 0 aliphatic rings. The van der Waals surface area contributed by atoms with Crippen LogP contribution >= 0.6 is 23.2 Å². The van der Waals surface area contributed by atoms with Gasteiger partial charge >= 0.3 is 0 Å². The van der Waals surface area contributed by atoms with Gasteiger partial charge in [-0.3, -0.25) is 0 Å². The third kappa shape index (κ3) is 4.32. The maximum absolute atomic E-state index is 11.3. The molecule has 0 unspecified atom stereocenters. The fraction of sp³-hybridized carbons (Fsp3) is 0.462. The fourth-order valence-corrected chi connectivity index (χ4v) is 2.75. The minimum Gasteiger partial charge on any atom is -0.342 e.